The van der Waals surface area contributed by atoms with Crippen LogP contribution in [0.5, 0.6) is 11.5 Å². The molecule has 0 bridgehead atoms. The van der Waals surface area contributed by atoms with Gasteiger partial charge in [-0.2, -0.15) is 13.2 Å². The van der Waals surface area contributed by atoms with Gasteiger partial charge in [-0.1, -0.05) is 15.9 Å². The summed E-state index contributed by atoms with van der Waals surface area (Å²) in [6.45, 7) is -1.72. The summed E-state index contributed by atoms with van der Waals surface area (Å²) in [5.74, 6) is -2.76. The Hall–Kier alpha value is -1.44. The SMILES string of the molecule is [2H]C([2H])([2H])Oc1cc(Br)cc(OC([2H])([2H])[2H])c1C(=O)NCC(F)(F)F. The number of hydrogen-bond donors (Lipinski definition) is 1. The van der Waals surface area contributed by atoms with Gasteiger partial charge in [-0.25, -0.2) is 0 Å². The summed E-state index contributed by atoms with van der Waals surface area (Å²) >= 11 is 2.94. The molecule has 1 rings (SSSR count). The van der Waals surface area contributed by atoms with E-state index < -0.39 is 49.8 Å². The normalized spacial score (nSPS) is 17.1. The van der Waals surface area contributed by atoms with E-state index in [2.05, 4.69) is 25.4 Å². The number of carbonyl (C=O) groups excluding carboxylic acids is 1. The molecule has 8 heteroatoms. The average molecular weight is 348 g/mol. The first-order valence-corrected chi connectivity index (χ1v) is 5.43. The van der Waals surface area contributed by atoms with Crippen molar-refractivity contribution < 1.29 is 35.7 Å². The molecule has 0 aliphatic rings. The van der Waals surface area contributed by atoms with Crippen LogP contribution in [-0.4, -0.2) is 32.7 Å². The summed E-state index contributed by atoms with van der Waals surface area (Å²) in [5, 5.41) is 1.50. The van der Waals surface area contributed by atoms with Crippen LogP contribution in [0.1, 0.15) is 18.6 Å². The summed E-state index contributed by atoms with van der Waals surface area (Å²) in [4.78, 5) is 12.1. The predicted octanol–water partition coefficient (Wildman–Crippen LogP) is 2.76. The maximum absolute atomic E-state index is 12.3. The second kappa shape index (κ2) is 6.14. The number of carbonyl (C=O) groups is 1. The van der Waals surface area contributed by atoms with Crippen LogP contribution in [0.4, 0.5) is 13.2 Å². The van der Waals surface area contributed by atoms with Crippen molar-refractivity contribution in [2.24, 2.45) is 0 Å². The van der Waals surface area contributed by atoms with Crippen LogP contribution >= 0.6 is 15.9 Å². The zero-order chi connectivity index (χ0) is 19.6. The largest absolute Gasteiger partial charge is 0.496 e. The molecular formula is C11H11BrF3NO3. The molecule has 0 radical (unpaired) electrons. The molecule has 1 N–H and O–H groups in total. The monoisotopic (exact) mass is 347 g/mol. The van der Waals surface area contributed by atoms with Crippen molar-refractivity contribution in [1.29, 1.82) is 0 Å². The van der Waals surface area contributed by atoms with Gasteiger partial charge in [0.1, 0.15) is 23.6 Å². The van der Waals surface area contributed by atoms with E-state index in [1.54, 1.807) is 0 Å². The van der Waals surface area contributed by atoms with Gasteiger partial charge in [-0.05, 0) is 12.1 Å². The van der Waals surface area contributed by atoms with E-state index in [9.17, 15) is 18.0 Å². The summed E-state index contributed by atoms with van der Waals surface area (Å²) in [7, 11) is -6.09. The number of rotatable bonds is 4. The Bertz CT molecular complexity index is 610. The minimum atomic E-state index is -4.74. The van der Waals surface area contributed by atoms with E-state index in [1.165, 1.54) is 5.32 Å². The minimum Gasteiger partial charge on any atom is -0.496 e. The number of nitrogens with one attached hydrogen (secondary N) is 1. The highest BCUT2D eigenvalue weighted by Gasteiger charge is 2.29. The molecule has 0 saturated carbocycles. The fourth-order valence-corrected chi connectivity index (χ4v) is 1.63. The number of alkyl halides is 3. The van der Waals surface area contributed by atoms with Gasteiger partial charge >= 0.3 is 6.18 Å². The lowest BCUT2D eigenvalue weighted by molar-refractivity contribution is -0.123. The molecule has 0 saturated heterocycles. The number of amides is 1. The fourth-order valence-electron chi connectivity index (χ4n) is 1.21. The lowest BCUT2D eigenvalue weighted by atomic mass is 10.1. The second-order valence-corrected chi connectivity index (χ2v) is 4.19. The predicted molar refractivity (Wildman–Crippen MR) is 65.6 cm³/mol. The van der Waals surface area contributed by atoms with Gasteiger partial charge in [0.05, 0.1) is 22.3 Å². The molecule has 1 amide bonds. The van der Waals surface area contributed by atoms with E-state index in [0.29, 0.717) is 0 Å². The first kappa shape index (κ1) is 8.68. The van der Waals surface area contributed by atoms with Crippen molar-refractivity contribution in [2.45, 2.75) is 6.18 Å². The first-order chi connectivity index (χ1) is 11.1. The quantitative estimate of drug-likeness (QED) is 0.910. The summed E-state index contributed by atoms with van der Waals surface area (Å²) in [6, 6.07) is 1.97. The Kier molecular flexibility index (Phi) is 2.80. The topological polar surface area (TPSA) is 47.6 Å². The van der Waals surface area contributed by atoms with Crippen LogP contribution in [0.3, 0.4) is 0 Å². The molecule has 106 valence electrons. The van der Waals surface area contributed by atoms with Crippen LogP contribution in [0.15, 0.2) is 16.6 Å². The fraction of sp³-hybridized carbons (Fsp3) is 0.364. The molecule has 4 nitrogen and oxygen atoms in total. The van der Waals surface area contributed by atoms with E-state index in [1.807, 2.05) is 0 Å². The maximum Gasteiger partial charge on any atom is 0.405 e. The molecule has 0 heterocycles. The highest BCUT2D eigenvalue weighted by Crippen LogP contribution is 2.32. The van der Waals surface area contributed by atoms with Crippen molar-refractivity contribution in [2.75, 3.05) is 20.6 Å². The first-order valence-electron chi connectivity index (χ1n) is 7.64. The standard InChI is InChI=1S/C11H11BrF3NO3/c1-18-7-3-6(12)4-8(19-2)9(7)10(17)16-5-11(13,14)15/h3-4H,5H2,1-2H3,(H,16,17)/i1D3,2D3. The van der Waals surface area contributed by atoms with E-state index in [-0.39, 0.29) is 4.47 Å². The molecule has 0 unspecified atom stereocenters. The Morgan fingerprint density at radius 2 is 1.89 bits per heavy atom. The maximum atomic E-state index is 12.3. The Labute approximate surface area is 124 Å². The Balaban J connectivity index is 3.38. The third-order valence-electron chi connectivity index (χ3n) is 1.93. The summed E-state index contributed by atoms with van der Waals surface area (Å²) in [5.41, 5.74) is -0.792. The van der Waals surface area contributed by atoms with Crippen LogP contribution < -0.4 is 14.8 Å². The molecule has 0 spiro atoms. The van der Waals surface area contributed by atoms with E-state index >= 15 is 0 Å². The lowest BCUT2D eigenvalue weighted by Crippen LogP contribution is -2.34. The smallest absolute Gasteiger partial charge is 0.405 e. The number of halogens is 4. The van der Waals surface area contributed by atoms with Crippen molar-refractivity contribution in [3.05, 3.63) is 22.2 Å². The number of ether oxygens (including phenoxy) is 2. The molecule has 0 aromatic heterocycles. The Morgan fingerprint density at radius 3 is 2.32 bits per heavy atom. The minimum absolute atomic E-state index is 0.0818. The molecule has 0 aliphatic carbocycles. The number of hydrogen-bond acceptors (Lipinski definition) is 3. The van der Waals surface area contributed by atoms with Crippen LogP contribution in [0.2, 0.25) is 0 Å². The highest BCUT2D eigenvalue weighted by atomic mass is 79.9. The summed E-state index contributed by atoms with van der Waals surface area (Å²) in [6.07, 6.45) is -4.74. The molecule has 0 aliphatic heterocycles. The van der Waals surface area contributed by atoms with Crippen LogP contribution in [-0.2, 0) is 0 Å². The molecule has 19 heavy (non-hydrogen) atoms. The van der Waals surface area contributed by atoms with Gasteiger partial charge < -0.3 is 14.8 Å². The van der Waals surface area contributed by atoms with E-state index in [0.717, 1.165) is 12.1 Å². The Morgan fingerprint density at radius 1 is 1.37 bits per heavy atom. The van der Waals surface area contributed by atoms with Crippen LogP contribution in [0, 0.1) is 0 Å². The van der Waals surface area contributed by atoms with Gasteiger partial charge in [-0.3, -0.25) is 4.79 Å². The zero-order valence-electron chi connectivity index (χ0n) is 15.1. The van der Waals surface area contributed by atoms with Gasteiger partial charge in [0.25, 0.3) is 5.91 Å². The van der Waals surface area contributed by atoms with Crippen molar-refractivity contribution in [3.63, 3.8) is 0 Å². The third-order valence-corrected chi connectivity index (χ3v) is 2.38. The number of benzene rings is 1. The van der Waals surface area contributed by atoms with Gasteiger partial charge in [0.15, 0.2) is 0 Å². The molecule has 1 aromatic rings. The van der Waals surface area contributed by atoms with Crippen LogP contribution in [0.25, 0.3) is 0 Å². The average Bonchev–Trinajstić information content (AvgIpc) is 2.30. The molecule has 0 fully saturated rings. The zero-order valence-corrected chi connectivity index (χ0v) is 10.7. The van der Waals surface area contributed by atoms with Gasteiger partial charge in [0.2, 0.25) is 0 Å². The van der Waals surface area contributed by atoms with Crippen molar-refractivity contribution in [1.82, 2.24) is 5.32 Å². The van der Waals surface area contributed by atoms with Crippen molar-refractivity contribution in [3.8, 4) is 11.5 Å². The highest BCUT2D eigenvalue weighted by molar-refractivity contribution is 9.10. The number of methoxy groups -OCH3 is 2. The van der Waals surface area contributed by atoms with Crippen molar-refractivity contribution >= 4 is 21.8 Å². The van der Waals surface area contributed by atoms with Gasteiger partial charge in [-0.15, -0.1) is 0 Å². The molecule has 0 atom stereocenters. The molecular weight excluding hydrogens is 331 g/mol. The van der Waals surface area contributed by atoms with E-state index in [4.69, 9.17) is 8.22 Å². The van der Waals surface area contributed by atoms with Gasteiger partial charge in [0, 0.05) is 4.47 Å². The molecule has 1 aromatic carbocycles. The third kappa shape index (κ3) is 4.30. The lowest BCUT2D eigenvalue weighted by Gasteiger charge is -2.14. The second-order valence-electron chi connectivity index (χ2n) is 3.28. The summed E-state index contributed by atoms with van der Waals surface area (Å²) < 4.78 is 88.4.